The highest BCUT2D eigenvalue weighted by molar-refractivity contribution is 9.10. The summed E-state index contributed by atoms with van der Waals surface area (Å²) in [5, 5.41) is 12.2. The Morgan fingerprint density at radius 3 is 2.74 bits per heavy atom. The Bertz CT molecular complexity index is 1210. The van der Waals surface area contributed by atoms with E-state index >= 15 is 0 Å². The summed E-state index contributed by atoms with van der Waals surface area (Å²) < 4.78 is 3.32. The Morgan fingerprint density at radius 2 is 2.00 bits per heavy atom. The Labute approximate surface area is 208 Å². The smallest absolute Gasteiger partial charge is 0.198 e. The van der Waals surface area contributed by atoms with Crippen molar-refractivity contribution in [2.45, 2.75) is 32.2 Å². The number of nitrogens with zero attached hydrogens (tertiary/aromatic N) is 7. The van der Waals surface area contributed by atoms with Crippen LogP contribution in [0.4, 0.5) is 5.69 Å². The van der Waals surface area contributed by atoms with E-state index in [1.807, 2.05) is 13.1 Å². The molecule has 180 valence electrons. The number of aromatic nitrogens is 1. The zero-order valence-corrected chi connectivity index (χ0v) is 21.8. The minimum Gasteiger partial charge on any atom is -0.347 e. The van der Waals surface area contributed by atoms with E-state index in [1.165, 1.54) is 22.2 Å². The van der Waals surface area contributed by atoms with E-state index in [1.54, 1.807) is 0 Å². The number of hydrogen-bond donors (Lipinski definition) is 1. The van der Waals surface area contributed by atoms with Gasteiger partial charge in [-0.2, -0.15) is 4.91 Å². The normalized spacial score (nSPS) is 23.9. The first kappa shape index (κ1) is 23.1. The van der Waals surface area contributed by atoms with E-state index < -0.39 is 0 Å². The van der Waals surface area contributed by atoms with Crippen LogP contribution >= 0.6 is 15.9 Å². The maximum atomic E-state index is 10.7. The number of fused-ring (bicyclic) bond motifs is 1. The summed E-state index contributed by atoms with van der Waals surface area (Å²) in [4.78, 5) is 20.0. The number of hydrogen-bond acceptors (Lipinski definition) is 8. The SMILES string of the molecule is Cc1c(Br)c2cc(NC3N=C(N4C=C(CN5CC(N=O)C5)C(C)N4C)C=CN3C)ccc2n1C. The maximum absolute atomic E-state index is 10.7. The zero-order chi connectivity index (χ0) is 24.1. The molecule has 1 saturated heterocycles. The van der Waals surface area contributed by atoms with Gasteiger partial charge in [0.15, 0.2) is 6.29 Å². The fourth-order valence-electron chi connectivity index (χ4n) is 4.74. The molecule has 2 atom stereocenters. The van der Waals surface area contributed by atoms with Crippen LogP contribution in [0.25, 0.3) is 10.9 Å². The fraction of sp³-hybridized carbons (Fsp3) is 0.458. The second-order valence-corrected chi connectivity index (χ2v) is 10.2. The number of rotatable bonds is 5. The van der Waals surface area contributed by atoms with Gasteiger partial charge in [-0.1, -0.05) is 5.18 Å². The van der Waals surface area contributed by atoms with Crippen LogP contribution in [0, 0.1) is 11.8 Å². The highest BCUT2D eigenvalue weighted by Crippen LogP contribution is 2.32. The summed E-state index contributed by atoms with van der Waals surface area (Å²) >= 11 is 3.74. The van der Waals surface area contributed by atoms with E-state index in [0.717, 1.165) is 35.6 Å². The summed E-state index contributed by atoms with van der Waals surface area (Å²) in [6.45, 7) is 6.65. The van der Waals surface area contributed by atoms with Gasteiger partial charge in [-0.15, -0.1) is 0 Å². The van der Waals surface area contributed by atoms with Gasteiger partial charge in [0, 0.05) is 79.9 Å². The van der Waals surface area contributed by atoms with Gasteiger partial charge in [-0.05, 0) is 59.6 Å². The third-order valence-corrected chi connectivity index (χ3v) is 8.26. The van der Waals surface area contributed by atoms with Crippen molar-refractivity contribution in [1.29, 1.82) is 0 Å². The van der Waals surface area contributed by atoms with Crippen molar-refractivity contribution in [2.24, 2.45) is 17.2 Å². The number of benzene rings is 1. The molecule has 1 N–H and O–H groups in total. The summed E-state index contributed by atoms with van der Waals surface area (Å²) in [5.74, 6) is 0.883. The van der Waals surface area contributed by atoms with Crippen LogP contribution in [0.5, 0.6) is 0 Å². The lowest BCUT2D eigenvalue weighted by Crippen LogP contribution is -2.51. The molecule has 2 aromatic rings. The number of anilines is 1. The molecule has 4 heterocycles. The van der Waals surface area contributed by atoms with Gasteiger partial charge in [0.25, 0.3) is 0 Å². The number of likely N-dealkylation sites (tertiary alicyclic amines) is 1. The molecule has 0 bridgehead atoms. The van der Waals surface area contributed by atoms with Gasteiger partial charge in [0.1, 0.15) is 11.9 Å². The monoisotopic (exact) mass is 526 g/mol. The van der Waals surface area contributed by atoms with Crippen LogP contribution in [0.3, 0.4) is 0 Å². The lowest BCUT2D eigenvalue weighted by atomic mass is 10.1. The number of hydrazine groups is 1. The Balaban J connectivity index is 1.35. The first-order chi connectivity index (χ1) is 16.3. The molecule has 0 saturated carbocycles. The van der Waals surface area contributed by atoms with Gasteiger partial charge in [0.05, 0.1) is 6.04 Å². The summed E-state index contributed by atoms with van der Waals surface area (Å²) in [7, 11) is 6.19. The van der Waals surface area contributed by atoms with E-state index in [2.05, 4.69) is 109 Å². The lowest BCUT2D eigenvalue weighted by molar-refractivity contribution is 0.116. The number of nitrogens with one attached hydrogen (secondary N) is 1. The van der Waals surface area contributed by atoms with E-state index in [-0.39, 0.29) is 18.4 Å². The molecule has 1 aromatic carbocycles. The number of nitroso groups, excluding NO2 is 1. The van der Waals surface area contributed by atoms with Crippen molar-refractivity contribution in [3.8, 4) is 0 Å². The highest BCUT2D eigenvalue weighted by atomic mass is 79.9. The minimum atomic E-state index is -0.225. The third kappa shape index (κ3) is 3.93. The van der Waals surface area contributed by atoms with Gasteiger partial charge < -0.3 is 14.8 Å². The second-order valence-electron chi connectivity index (χ2n) is 9.43. The minimum absolute atomic E-state index is 0.0567. The average Bonchev–Trinajstić information content (AvgIpc) is 3.20. The lowest BCUT2D eigenvalue weighted by Gasteiger charge is -2.36. The predicted molar refractivity (Wildman–Crippen MR) is 140 cm³/mol. The summed E-state index contributed by atoms with van der Waals surface area (Å²) in [6.07, 6.45) is 6.05. The average molecular weight is 527 g/mol. The van der Waals surface area contributed by atoms with Gasteiger partial charge >= 0.3 is 0 Å². The van der Waals surface area contributed by atoms with Crippen molar-refractivity contribution in [1.82, 2.24) is 24.4 Å². The molecule has 9 nitrogen and oxygen atoms in total. The molecule has 0 aliphatic carbocycles. The maximum Gasteiger partial charge on any atom is 0.198 e. The number of aliphatic imine (C=N–C) groups is 1. The molecule has 0 spiro atoms. The topological polar surface area (TPSA) is 71.7 Å². The van der Waals surface area contributed by atoms with Crippen LogP contribution in [-0.2, 0) is 7.05 Å². The molecular formula is C24H31BrN8O. The van der Waals surface area contributed by atoms with E-state index in [9.17, 15) is 4.91 Å². The molecule has 2 unspecified atom stereocenters. The van der Waals surface area contributed by atoms with Crippen molar-refractivity contribution < 1.29 is 0 Å². The zero-order valence-electron chi connectivity index (χ0n) is 20.2. The number of aryl methyl sites for hydroxylation is 1. The number of amidine groups is 1. The van der Waals surface area contributed by atoms with Gasteiger partial charge in [-0.25, -0.2) is 10.0 Å². The van der Waals surface area contributed by atoms with Crippen molar-refractivity contribution >= 4 is 38.4 Å². The van der Waals surface area contributed by atoms with Gasteiger partial charge in [0.2, 0.25) is 0 Å². The molecule has 3 aliphatic heterocycles. The van der Waals surface area contributed by atoms with Crippen molar-refractivity contribution in [3.05, 3.63) is 57.3 Å². The number of halogens is 1. The molecule has 10 heteroatoms. The Morgan fingerprint density at radius 1 is 1.24 bits per heavy atom. The molecule has 1 aromatic heterocycles. The molecular weight excluding hydrogens is 496 g/mol. The molecule has 34 heavy (non-hydrogen) atoms. The number of likely N-dealkylation sites (N-methyl/N-ethyl adjacent to an activating group) is 1. The largest absolute Gasteiger partial charge is 0.347 e. The summed E-state index contributed by atoms with van der Waals surface area (Å²) in [6, 6.07) is 6.62. The highest BCUT2D eigenvalue weighted by Gasteiger charge is 2.34. The van der Waals surface area contributed by atoms with Crippen molar-refractivity contribution in [2.75, 3.05) is 39.0 Å². The van der Waals surface area contributed by atoms with Crippen LogP contribution in [-0.4, -0.2) is 82.3 Å². The molecule has 0 amide bonds. The molecule has 5 rings (SSSR count). The quantitative estimate of drug-likeness (QED) is 0.599. The van der Waals surface area contributed by atoms with Crippen LogP contribution in [0.15, 0.2) is 56.9 Å². The molecule has 0 radical (unpaired) electrons. The Kier molecular flexibility index (Phi) is 5.99. The fourth-order valence-corrected chi connectivity index (χ4v) is 5.32. The van der Waals surface area contributed by atoms with E-state index in [4.69, 9.17) is 4.99 Å². The third-order valence-electron chi connectivity index (χ3n) is 7.26. The molecule has 3 aliphatic rings. The first-order valence-corrected chi connectivity index (χ1v) is 12.3. The van der Waals surface area contributed by atoms with Crippen LogP contribution in [0.2, 0.25) is 0 Å². The standard InChI is InChI=1S/C24H31BrN8O/c1-15-17(11-32-13-19(14-32)28-34)12-33(31(15)5)22-8-9-29(3)24(27-22)26-18-6-7-21-20(10-18)23(25)16(2)30(21)4/h6-10,12,15,19,24,26H,11,13-14H2,1-5H3. The van der Waals surface area contributed by atoms with Crippen LogP contribution in [0.1, 0.15) is 12.6 Å². The Hall–Kier alpha value is -2.69. The van der Waals surface area contributed by atoms with E-state index in [0.29, 0.717) is 0 Å². The first-order valence-electron chi connectivity index (χ1n) is 11.5. The van der Waals surface area contributed by atoms with Gasteiger partial charge in [-0.3, -0.25) is 9.91 Å². The summed E-state index contributed by atoms with van der Waals surface area (Å²) in [5.41, 5.74) is 4.72. The predicted octanol–water partition coefficient (Wildman–Crippen LogP) is 3.69. The van der Waals surface area contributed by atoms with Crippen molar-refractivity contribution in [3.63, 3.8) is 0 Å². The second kappa shape index (κ2) is 8.83. The molecule has 1 fully saturated rings. The van der Waals surface area contributed by atoms with Crippen LogP contribution < -0.4 is 5.32 Å².